The molecule has 1 aromatic heterocycles. The van der Waals surface area contributed by atoms with Crippen LogP contribution in [0, 0.1) is 12.8 Å². The van der Waals surface area contributed by atoms with Crippen LogP contribution in [0.4, 0.5) is 0 Å². The zero-order valence-corrected chi connectivity index (χ0v) is 15.1. The lowest BCUT2D eigenvalue weighted by Gasteiger charge is -2.34. The first-order valence-electron chi connectivity index (χ1n) is 8.50. The van der Waals surface area contributed by atoms with E-state index in [1.165, 1.54) is 5.56 Å². The molecule has 2 heterocycles. The van der Waals surface area contributed by atoms with E-state index in [9.17, 15) is 9.90 Å². The molecule has 1 amide bonds. The summed E-state index contributed by atoms with van der Waals surface area (Å²) in [5, 5.41) is 12.7. The van der Waals surface area contributed by atoms with E-state index in [-0.39, 0.29) is 17.9 Å². The van der Waals surface area contributed by atoms with Gasteiger partial charge in [-0.3, -0.25) is 4.79 Å². The van der Waals surface area contributed by atoms with Crippen LogP contribution >= 0.6 is 11.3 Å². The Labute approximate surface area is 147 Å². The number of hydrogen-bond acceptors (Lipinski definition) is 4. The number of amides is 1. The third-order valence-corrected chi connectivity index (χ3v) is 5.58. The maximum Gasteiger partial charge on any atom is 0.228 e. The highest BCUT2D eigenvalue weighted by Crippen LogP contribution is 2.25. The van der Waals surface area contributed by atoms with Crippen LogP contribution < -0.4 is 0 Å². The number of aliphatic hydroxyl groups is 1. The highest BCUT2D eigenvalue weighted by molar-refractivity contribution is 7.13. The normalized spacial score (nSPS) is 19.3. The number of carbonyl (C=O) groups is 1. The largest absolute Gasteiger partial charge is 0.393 e. The van der Waals surface area contributed by atoms with E-state index >= 15 is 0 Å². The lowest BCUT2D eigenvalue weighted by atomic mass is 9.93. The maximum absolute atomic E-state index is 12.5. The summed E-state index contributed by atoms with van der Waals surface area (Å²) in [5.74, 6) is 0.308. The second-order valence-electron chi connectivity index (χ2n) is 6.67. The monoisotopic (exact) mass is 344 g/mol. The van der Waals surface area contributed by atoms with Gasteiger partial charge in [0.15, 0.2) is 0 Å². The number of benzene rings is 1. The SMILES string of the molecule is Cc1cccc(-c2nc(CC(=O)N3CCCC(C(C)O)C3)cs2)c1. The summed E-state index contributed by atoms with van der Waals surface area (Å²) in [7, 11) is 0. The number of piperidine rings is 1. The fraction of sp³-hybridized carbons (Fsp3) is 0.474. The highest BCUT2D eigenvalue weighted by atomic mass is 32.1. The van der Waals surface area contributed by atoms with Gasteiger partial charge in [0.05, 0.1) is 18.2 Å². The van der Waals surface area contributed by atoms with E-state index < -0.39 is 0 Å². The predicted octanol–water partition coefficient (Wildman–Crippen LogP) is 3.28. The zero-order valence-electron chi connectivity index (χ0n) is 14.2. The number of aliphatic hydroxyl groups excluding tert-OH is 1. The number of hydrogen-bond donors (Lipinski definition) is 1. The lowest BCUT2D eigenvalue weighted by molar-refractivity contribution is -0.133. The van der Waals surface area contributed by atoms with E-state index in [0.717, 1.165) is 35.7 Å². The Kier molecular flexibility index (Phi) is 5.31. The van der Waals surface area contributed by atoms with Crippen LogP contribution in [0.5, 0.6) is 0 Å². The molecule has 1 N–H and O–H groups in total. The average Bonchev–Trinajstić information content (AvgIpc) is 3.03. The van der Waals surface area contributed by atoms with E-state index in [2.05, 4.69) is 30.1 Å². The first kappa shape index (κ1) is 17.1. The number of rotatable bonds is 4. The molecule has 1 aromatic carbocycles. The third kappa shape index (κ3) is 4.02. The minimum atomic E-state index is -0.354. The fourth-order valence-electron chi connectivity index (χ4n) is 3.20. The molecular formula is C19H24N2O2S. The molecule has 1 aliphatic rings. The van der Waals surface area contributed by atoms with Crippen molar-refractivity contribution in [1.82, 2.24) is 9.88 Å². The van der Waals surface area contributed by atoms with E-state index in [0.29, 0.717) is 13.0 Å². The molecule has 0 saturated carbocycles. The molecule has 2 unspecified atom stereocenters. The molecule has 0 bridgehead atoms. The zero-order chi connectivity index (χ0) is 17.1. The van der Waals surface area contributed by atoms with Crippen LogP contribution in [-0.4, -0.2) is 40.1 Å². The molecule has 0 radical (unpaired) electrons. The van der Waals surface area contributed by atoms with Gasteiger partial charge < -0.3 is 10.0 Å². The summed E-state index contributed by atoms with van der Waals surface area (Å²) >= 11 is 1.58. The standard InChI is InChI=1S/C19H24N2O2S/c1-13-5-3-6-15(9-13)19-20-17(12-24-19)10-18(23)21-8-4-7-16(11-21)14(2)22/h3,5-6,9,12,14,16,22H,4,7-8,10-11H2,1-2H3. The minimum absolute atomic E-state index is 0.112. The van der Waals surface area contributed by atoms with Crippen molar-refractivity contribution in [2.24, 2.45) is 5.92 Å². The number of carbonyl (C=O) groups excluding carboxylic acids is 1. The number of aryl methyl sites for hydroxylation is 1. The van der Waals surface area contributed by atoms with Gasteiger partial charge in [-0.2, -0.15) is 0 Å². The molecule has 0 aliphatic carbocycles. The second-order valence-corrected chi connectivity index (χ2v) is 7.53. The van der Waals surface area contributed by atoms with Crippen molar-refractivity contribution in [2.75, 3.05) is 13.1 Å². The second kappa shape index (κ2) is 7.45. The summed E-state index contributed by atoms with van der Waals surface area (Å²) in [4.78, 5) is 19.1. The van der Waals surface area contributed by atoms with Crippen LogP contribution in [-0.2, 0) is 11.2 Å². The van der Waals surface area contributed by atoms with Crippen molar-refractivity contribution in [3.05, 3.63) is 40.9 Å². The van der Waals surface area contributed by atoms with E-state index in [1.54, 1.807) is 11.3 Å². The van der Waals surface area contributed by atoms with Gasteiger partial charge in [0, 0.05) is 30.0 Å². The maximum atomic E-state index is 12.5. The van der Waals surface area contributed by atoms with Gasteiger partial charge in [-0.15, -0.1) is 11.3 Å². The van der Waals surface area contributed by atoms with E-state index in [1.807, 2.05) is 23.3 Å². The Morgan fingerprint density at radius 1 is 1.50 bits per heavy atom. The van der Waals surface area contributed by atoms with Crippen LogP contribution in [0.15, 0.2) is 29.6 Å². The van der Waals surface area contributed by atoms with Crippen molar-refractivity contribution < 1.29 is 9.90 Å². The third-order valence-electron chi connectivity index (χ3n) is 4.64. The molecule has 1 saturated heterocycles. The Morgan fingerprint density at radius 2 is 2.33 bits per heavy atom. The molecule has 1 fully saturated rings. The summed E-state index contributed by atoms with van der Waals surface area (Å²) in [5.41, 5.74) is 3.14. The van der Waals surface area contributed by atoms with Crippen LogP contribution in [0.25, 0.3) is 10.6 Å². The van der Waals surface area contributed by atoms with Crippen molar-refractivity contribution in [2.45, 2.75) is 39.2 Å². The van der Waals surface area contributed by atoms with Crippen molar-refractivity contribution in [1.29, 1.82) is 0 Å². The molecule has 3 rings (SSSR count). The summed E-state index contributed by atoms with van der Waals surface area (Å²) < 4.78 is 0. The molecule has 1 aliphatic heterocycles. The summed E-state index contributed by atoms with van der Waals surface area (Å²) in [6.07, 6.45) is 1.95. The average molecular weight is 344 g/mol. The number of aromatic nitrogens is 1. The Hall–Kier alpha value is -1.72. The Bertz CT molecular complexity index is 711. The predicted molar refractivity (Wildman–Crippen MR) is 97.0 cm³/mol. The van der Waals surface area contributed by atoms with Crippen LogP contribution in [0.2, 0.25) is 0 Å². The highest BCUT2D eigenvalue weighted by Gasteiger charge is 2.26. The van der Waals surface area contributed by atoms with Crippen LogP contribution in [0.1, 0.15) is 31.0 Å². The molecule has 128 valence electrons. The van der Waals surface area contributed by atoms with Gasteiger partial charge in [-0.05, 0) is 32.8 Å². The van der Waals surface area contributed by atoms with Gasteiger partial charge in [-0.25, -0.2) is 4.98 Å². The smallest absolute Gasteiger partial charge is 0.228 e. The number of thiazole rings is 1. The lowest BCUT2D eigenvalue weighted by Crippen LogP contribution is -2.43. The quantitative estimate of drug-likeness (QED) is 0.926. The molecule has 2 atom stereocenters. The molecule has 0 spiro atoms. The summed E-state index contributed by atoms with van der Waals surface area (Å²) in [6, 6.07) is 8.26. The van der Waals surface area contributed by atoms with Crippen LogP contribution in [0.3, 0.4) is 0 Å². The first-order valence-corrected chi connectivity index (χ1v) is 9.38. The first-order chi connectivity index (χ1) is 11.5. The topological polar surface area (TPSA) is 53.4 Å². The van der Waals surface area contributed by atoms with Gasteiger partial charge in [-0.1, -0.05) is 23.8 Å². The van der Waals surface area contributed by atoms with Gasteiger partial charge in [0.25, 0.3) is 0 Å². The van der Waals surface area contributed by atoms with Gasteiger partial charge >= 0.3 is 0 Å². The van der Waals surface area contributed by atoms with Gasteiger partial charge in [0.2, 0.25) is 5.91 Å². The van der Waals surface area contributed by atoms with E-state index in [4.69, 9.17) is 0 Å². The number of likely N-dealkylation sites (tertiary alicyclic amines) is 1. The van der Waals surface area contributed by atoms with Crippen molar-refractivity contribution in [3.8, 4) is 10.6 Å². The van der Waals surface area contributed by atoms with Gasteiger partial charge in [0.1, 0.15) is 5.01 Å². The van der Waals surface area contributed by atoms with Crippen molar-refractivity contribution >= 4 is 17.2 Å². The molecule has 2 aromatic rings. The molecular weight excluding hydrogens is 320 g/mol. The molecule has 24 heavy (non-hydrogen) atoms. The minimum Gasteiger partial charge on any atom is -0.393 e. The molecule has 5 heteroatoms. The Balaban J connectivity index is 1.65. The fourth-order valence-corrected chi connectivity index (χ4v) is 4.01. The summed E-state index contributed by atoms with van der Waals surface area (Å²) in [6.45, 7) is 5.33. The molecule has 4 nitrogen and oxygen atoms in total. The Morgan fingerprint density at radius 3 is 3.08 bits per heavy atom. The number of nitrogens with zero attached hydrogens (tertiary/aromatic N) is 2. The van der Waals surface area contributed by atoms with Crippen molar-refractivity contribution in [3.63, 3.8) is 0 Å².